The standard InChI is InChI=1S/C32H32N2O5/c1-3-27-28(33-31(36)38-21-18-22-8-6-5-7-9-22)29(39-34-27)25-12-10-23(11-13-25)24-14-16-26(17-15-24)32(19-20-32)30(35)37-4-2/h5-17H,3-4,18-21H2,1-2H3,(H,33,36). The first-order valence-electron chi connectivity index (χ1n) is 13.4. The van der Waals surface area contributed by atoms with Gasteiger partial charge in [-0.05, 0) is 48.4 Å². The summed E-state index contributed by atoms with van der Waals surface area (Å²) in [7, 11) is 0. The van der Waals surface area contributed by atoms with E-state index in [-0.39, 0.29) is 12.6 Å². The number of aryl methyl sites for hydroxylation is 1. The first-order chi connectivity index (χ1) is 19.0. The molecule has 0 unspecified atom stereocenters. The number of hydrogen-bond acceptors (Lipinski definition) is 6. The summed E-state index contributed by atoms with van der Waals surface area (Å²) in [6.07, 6.45) is 2.35. The molecule has 0 spiro atoms. The van der Waals surface area contributed by atoms with Crippen LogP contribution in [0, 0.1) is 0 Å². The van der Waals surface area contributed by atoms with E-state index in [2.05, 4.69) is 10.5 Å². The topological polar surface area (TPSA) is 90.7 Å². The lowest BCUT2D eigenvalue weighted by atomic mass is 9.93. The number of nitrogens with zero attached hydrogens (tertiary/aromatic N) is 1. The number of hydrogen-bond donors (Lipinski definition) is 1. The smallest absolute Gasteiger partial charge is 0.411 e. The van der Waals surface area contributed by atoms with Gasteiger partial charge in [-0.2, -0.15) is 0 Å². The predicted octanol–water partition coefficient (Wildman–Crippen LogP) is 6.96. The summed E-state index contributed by atoms with van der Waals surface area (Å²) in [6.45, 7) is 4.45. The van der Waals surface area contributed by atoms with Crippen molar-refractivity contribution in [2.24, 2.45) is 0 Å². The molecule has 200 valence electrons. The van der Waals surface area contributed by atoms with Crippen LogP contribution in [0.2, 0.25) is 0 Å². The molecule has 39 heavy (non-hydrogen) atoms. The van der Waals surface area contributed by atoms with Crippen LogP contribution in [-0.4, -0.2) is 30.4 Å². The van der Waals surface area contributed by atoms with Gasteiger partial charge >= 0.3 is 12.1 Å². The van der Waals surface area contributed by atoms with Gasteiger partial charge in [0.05, 0.1) is 18.6 Å². The van der Waals surface area contributed by atoms with Crippen LogP contribution < -0.4 is 5.32 Å². The molecule has 1 amide bonds. The lowest BCUT2D eigenvalue weighted by Crippen LogP contribution is -2.23. The largest absolute Gasteiger partial charge is 0.465 e. The average molecular weight is 525 g/mol. The van der Waals surface area contributed by atoms with Crippen molar-refractivity contribution in [3.8, 4) is 22.5 Å². The Morgan fingerprint density at radius 1 is 0.872 bits per heavy atom. The Bertz CT molecular complexity index is 1420. The van der Waals surface area contributed by atoms with Crippen molar-refractivity contribution >= 4 is 17.7 Å². The van der Waals surface area contributed by atoms with Gasteiger partial charge in [0.25, 0.3) is 0 Å². The highest BCUT2D eigenvalue weighted by Gasteiger charge is 2.52. The number of benzene rings is 3. The Morgan fingerprint density at radius 2 is 1.51 bits per heavy atom. The highest BCUT2D eigenvalue weighted by Crippen LogP contribution is 2.49. The number of amides is 1. The Hall–Kier alpha value is -4.39. The van der Waals surface area contributed by atoms with Crippen LogP contribution in [0.15, 0.2) is 83.4 Å². The van der Waals surface area contributed by atoms with Crippen molar-refractivity contribution in [1.82, 2.24) is 5.16 Å². The van der Waals surface area contributed by atoms with Crippen molar-refractivity contribution in [2.45, 2.75) is 44.9 Å². The Labute approximate surface area is 228 Å². The van der Waals surface area contributed by atoms with Crippen molar-refractivity contribution in [3.63, 3.8) is 0 Å². The van der Waals surface area contributed by atoms with Gasteiger partial charge in [0.2, 0.25) is 0 Å². The van der Waals surface area contributed by atoms with E-state index in [0.717, 1.165) is 40.7 Å². The molecule has 5 rings (SSSR count). The molecule has 1 N–H and O–H groups in total. The van der Waals surface area contributed by atoms with Crippen molar-refractivity contribution in [3.05, 3.63) is 95.7 Å². The van der Waals surface area contributed by atoms with E-state index in [1.54, 1.807) is 0 Å². The SMILES string of the molecule is CCOC(=O)C1(c2ccc(-c3ccc(-c4onc(CC)c4NC(=O)OCCc4ccccc4)cc3)cc2)CC1. The van der Waals surface area contributed by atoms with Gasteiger partial charge in [-0.25, -0.2) is 4.79 Å². The van der Waals surface area contributed by atoms with E-state index >= 15 is 0 Å². The fourth-order valence-corrected chi connectivity index (χ4v) is 4.74. The number of anilines is 1. The van der Waals surface area contributed by atoms with Gasteiger partial charge in [-0.3, -0.25) is 10.1 Å². The average Bonchev–Trinajstić information content (AvgIpc) is 3.69. The van der Waals surface area contributed by atoms with Gasteiger partial charge in [-0.15, -0.1) is 0 Å². The molecule has 0 atom stereocenters. The molecule has 3 aromatic carbocycles. The number of esters is 1. The molecule has 1 aliphatic rings. The van der Waals surface area contributed by atoms with Crippen LogP contribution in [0.25, 0.3) is 22.5 Å². The maximum atomic E-state index is 12.5. The second-order valence-electron chi connectivity index (χ2n) is 9.64. The molecule has 0 radical (unpaired) electrons. The molecule has 7 nitrogen and oxygen atoms in total. The number of nitrogens with one attached hydrogen (secondary N) is 1. The first kappa shape index (κ1) is 26.2. The molecule has 1 aliphatic carbocycles. The molecule has 1 fully saturated rings. The van der Waals surface area contributed by atoms with E-state index in [0.29, 0.717) is 36.6 Å². The van der Waals surface area contributed by atoms with Crippen LogP contribution in [0.4, 0.5) is 10.5 Å². The molecule has 0 aliphatic heterocycles. The van der Waals surface area contributed by atoms with Crippen LogP contribution >= 0.6 is 0 Å². The minimum absolute atomic E-state index is 0.134. The monoisotopic (exact) mass is 524 g/mol. The Kier molecular flexibility index (Phi) is 7.77. The normalized spacial score (nSPS) is 13.5. The lowest BCUT2D eigenvalue weighted by molar-refractivity contribution is -0.146. The molecule has 1 saturated carbocycles. The van der Waals surface area contributed by atoms with Gasteiger partial charge in [0.1, 0.15) is 11.4 Å². The molecule has 4 aromatic rings. The summed E-state index contributed by atoms with van der Waals surface area (Å²) in [5, 5.41) is 6.99. The predicted molar refractivity (Wildman–Crippen MR) is 149 cm³/mol. The Morgan fingerprint density at radius 3 is 2.13 bits per heavy atom. The quantitative estimate of drug-likeness (QED) is 0.226. The van der Waals surface area contributed by atoms with Crippen molar-refractivity contribution < 1.29 is 23.6 Å². The number of ether oxygens (including phenoxy) is 2. The van der Waals surface area contributed by atoms with Crippen LogP contribution in [-0.2, 0) is 32.5 Å². The van der Waals surface area contributed by atoms with Crippen LogP contribution in [0.3, 0.4) is 0 Å². The minimum atomic E-state index is -0.543. The summed E-state index contributed by atoms with van der Waals surface area (Å²) in [4.78, 5) is 25.0. The highest BCUT2D eigenvalue weighted by atomic mass is 16.5. The number of carbonyl (C=O) groups is 2. The third-order valence-electron chi connectivity index (χ3n) is 7.13. The first-order valence-corrected chi connectivity index (χ1v) is 13.4. The maximum Gasteiger partial charge on any atom is 0.411 e. The fraction of sp³-hybridized carbons (Fsp3) is 0.281. The van der Waals surface area contributed by atoms with Crippen LogP contribution in [0.1, 0.15) is 43.5 Å². The molecule has 7 heteroatoms. The summed E-state index contributed by atoms with van der Waals surface area (Å²) < 4.78 is 16.3. The number of rotatable bonds is 10. The van der Waals surface area contributed by atoms with Gasteiger partial charge < -0.3 is 14.0 Å². The summed E-state index contributed by atoms with van der Waals surface area (Å²) >= 11 is 0. The second kappa shape index (κ2) is 11.6. The molecule has 0 bridgehead atoms. The molecule has 1 aromatic heterocycles. The molecule has 0 saturated heterocycles. The number of aromatic nitrogens is 1. The second-order valence-corrected chi connectivity index (χ2v) is 9.64. The zero-order valence-electron chi connectivity index (χ0n) is 22.2. The lowest BCUT2D eigenvalue weighted by Gasteiger charge is -2.14. The van der Waals surface area contributed by atoms with E-state index in [1.165, 1.54) is 0 Å². The molecular formula is C32H32N2O5. The number of carbonyl (C=O) groups excluding carboxylic acids is 2. The molecule has 1 heterocycles. The Balaban J connectivity index is 1.26. The van der Waals surface area contributed by atoms with E-state index in [1.807, 2.05) is 92.7 Å². The van der Waals surface area contributed by atoms with E-state index < -0.39 is 11.5 Å². The third-order valence-corrected chi connectivity index (χ3v) is 7.13. The van der Waals surface area contributed by atoms with E-state index in [9.17, 15) is 9.59 Å². The summed E-state index contributed by atoms with van der Waals surface area (Å²) in [5.74, 6) is 0.351. The third kappa shape index (κ3) is 5.72. The maximum absolute atomic E-state index is 12.5. The minimum Gasteiger partial charge on any atom is -0.465 e. The summed E-state index contributed by atoms with van der Waals surface area (Å²) in [5.41, 5.74) is 5.66. The highest BCUT2D eigenvalue weighted by molar-refractivity contribution is 5.91. The zero-order valence-corrected chi connectivity index (χ0v) is 22.2. The van der Waals surface area contributed by atoms with Crippen molar-refractivity contribution in [1.29, 1.82) is 0 Å². The van der Waals surface area contributed by atoms with Crippen LogP contribution in [0.5, 0.6) is 0 Å². The zero-order chi connectivity index (χ0) is 27.2. The molecular weight excluding hydrogens is 492 g/mol. The van der Waals surface area contributed by atoms with Gasteiger partial charge in [0.15, 0.2) is 5.76 Å². The van der Waals surface area contributed by atoms with Crippen molar-refractivity contribution in [2.75, 3.05) is 18.5 Å². The summed E-state index contributed by atoms with van der Waals surface area (Å²) in [6, 6.07) is 25.9. The van der Waals surface area contributed by atoms with E-state index in [4.69, 9.17) is 14.0 Å². The van der Waals surface area contributed by atoms with Gasteiger partial charge in [0, 0.05) is 12.0 Å². The fourth-order valence-electron chi connectivity index (χ4n) is 4.74. The van der Waals surface area contributed by atoms with Gasteiger partial charge in [-0.1, -0.05) is 90.9 Å².